The number of halogens is 2. The molecule has 63 heavy (non-hydrogen) atoms. The monoisotopic (exact) mass is 859 g/mol. The first-order valence-electron chi connectivity index (χ1n) is 21.8. The number of piperidine rings is 2. The predicted octanol–water partition coefficient (Wildman–Crippen LogP) is 5.90. The Bertz CT molecular complexity index is 2510. The first kappa shape index (κ1) is 41.9. The fourth-order valence-electron chi connectivity index (χ4n) is 9.85. The first-order chi connectivity index (χ1) is 30.4. The molecule has 2 aromatic heterocycles. The maximum Gasteiger partial charge on any atom is 0.280 e. The van der Waals surface area contributed by atoms with Crippen LogP contribution in [0.3, 0.4) is 0 Å². The summed E-state index contributed by atoms with van der Waals surface area (Å²) in [6, 6.07) is 14.9. The van der Waals surface area contributed by atoms with Gasteiger partial charge < -0.3 is 24.8 Å². The molecule has 3 atom stereocenters. The van der Waals surface area contributed by atoms with E-state index in [1.165, 1.54) is 12.1 Å². The Kier molecular flexibility index (Phi) is 11.6. The lowest BCUT2D eigenvalue weighted by Gasteiger charge is -2.47. The standard InChI is InChI=1S/C46H51F2N11O4/c1-27-5-4-18-63-45-35(24-50-55(45)3)39-20-29(19-28(2)51-39)43(61)54-46-52-38-8-6-31(23-40(38)59(46)25-27)58-17-16-57(26-32(58)10-13-49)30-11-14-56(15-12-30)33-21-36(47)42(37(48)22-33)34-7-9-41(60)53-44(34)62/h6,8,19-24,27,30,32,34H,4-5,7,9-12,14-18,25-26H2,1-3H3,(H,52,54,61)(H,53,60,62)/t27-,32+,34-/m1/s1. The molecule has 7 heterocycles. The van der Waals surface area contributed by atoms with Crippen LogP contribution in [0.5, 0.6) is 5.88 Å². The van der Waals surface area contributed by atoms with Gasteiger partial charge in [0.2, 0.25) is 23.7 Å². The van der Waals surface area contributed by atoms with Gasteiger partial charge in [0.25, 0.3) is 5.91 Å². The summed E-state index contributed by atoms with van der Waals surface area (Å²) < 4.78 is 38.7. The molecule has 0 spiro atoms. The summed E-state index contributed by atoms with van der Waals surface area (Å²) in [6.07, 6.45) is 5.41. The summed E-state index contributed by atoms with van der Waals surface area (Å²) in [7, 11) is 1.83. The van der Waals surface area contributed by atoms with E-state index in [1.807, 2.05) is 24.9 Å². The maximum absolute atomic E-state index is 15.4. The molecular weight excluding hydrogens is 809 g/mol. The third-order valence-corrected chi connectivity index (χ3v) is 13.1. The highest BCUT2D eigenvalue weighted by Crippen LogP contribution is 2.40. The van der Waals surface area contributed by atoms with Crippen LogP contribution in [0.1, 0.15) is 79.4 Å². The van der Waals surface area contributed by atoms with Gasteiger partial charge in [0.05, 0.1) is 59.9 Å². The van der Waals surface area contributed by atoms with Gasteiger partial charge in [-0.25, -0.2) is 13.5 Å². The topological polar surface area (TPSA) is 164 Å². The first-order valence-corrected chi connectivity index (χ1v) is 21.8. The number of aromatic nitrogens is 3. The van der Waals surface area contributed by atoms with Crippen molar-refractivity contribution in [3.8, 4) is 23.2 Å². The van der Waals surface area contributed by atoms with Crippen molar-refractivity contribution in [1.29, 1.82) is 5.26 Å². The molecule has 3 saturated heterocycles. The molecule has 0 aliphatic carbocycles. The molecule has 0 saturated carbocycles. The van der Waals surface area contributed by atoms with Crippen LogP contribution in [0.2, 0.25) is 0 Å². The number of nitriles is 1. The quantitative estimate of drug-likeness (QED) is 0.229. The Morgan fingerprint density at radius 1 is 0.937 bits per heavy atom. The summed E-state index contributed by atoms with van der Waals surface area (Å²) in [5, 5.41) is 20.0. The van der Waals surface area contributed by atoms with Gasteiger partial charge in [-0.2, -0.15) is 15.4 Å². The molecule has 3 fully saturated rings. The molecule has 5 aliphatic rings. The smallest absolute Gasteiger partial charge is 0.280 e. The molecule has 15 nitrogen and oxygen atoms in total. The molecule has 2 N–H and O–H groups in total. The minimum atomic E-state index is -1.04. The van der Waals surface area contributed by atoms with E-state index < -0.39 is 35.3 Å². The van der Waals surface area contributed by atoms with Crippen molar-refractivity contribution in [2.75, 3.05) is 65.9 Å². The maximum atomic E-state index is 15.4. The number of ether oxygens (including phenoxy) is 1. The van der Waals surface area contributed by atoms with Gasteiger partial charge in [0.15, 0.2) is 0 Å². The van der Waals surface area contributed by atoms with Crippen LogP contribution in [-0.2, 0) is 16.6 Å². The summed E-state index contributed by atoms with van der Waals surface area (Å²) >= 11 is 0. The van der Waals surface area contributed by atoms with Crippen molar-refractivity contribution in [3.05, 3.63) is 77.1 Å². The van der Waals surface area contributed by atoms with Crippen molar-refractivity contribution in [3.63, 3.8) is 0 Å². The van der Waals surface area contributed by atoms with Gasteiger partial charge in [-0.1, -0.05) is 6.92 Å². The second kappa shape index (κ2) is 17.4. The number of anilines is 4. The molecule has 0 radical (unpaired) electrons. The van der Waals surface area contributed by atoms with Crippen molar-refractivity contribution in [2.45, 2.75) is 76.8 Å². The van der Waals surface area contributed by atoms with Gasteiger partial charge in [-0.3, -0.25) is 29.6 Å². The molecule has 2 aromatic carbocycles. The zero-order valence-electron chi connectivity index (χ0n) is 35.7. The fourth-order valence-corrected chi connectivity index (χ4v) is 9.85. The van der Waals surface area contributed by atoms with Gasteiger partial charge in [0, 0.05) is 87.0 Å². The highest BCUT2D eigenvalue weighted by Gasteiger charge is 2.37. The Morgan fingerprint density at radius 3 is 2.49 bits per heavy atom. The Morgan fingerprint density at radius 2 is 1.73 bits per heavy atom. The van der Waals surface area contributed by atoms with E-state index in [-0.39, 0.29) is 36.4 Å². The van der Waals surface area contributed by atoms with Crippen molar-refractivity contribution in [1.82, 2.24) is 25.0 Å². The number of hydrogen-bond acceptors (Lipinski definition) is 12. The molecule has 0 unspecified atom stereocenters. The SMILES string of the molecule is Cc1cc2cc(n1)-c1cnn(C)c1OCCC[C@@H](C)CN1/C(=N/C2=O)Nc2ccc(N3CCN(C4CCN(c5cc(F)c([C@H]6CCC(=O)NC6=O)c(F)c5)CC4)C[C@@H]3CC#N)cc21. The zero-order chi connectivity index (χ0) is 43.9. The number of aryl methyl sites for hydroxylation is 2. The molecule has 328 valence electrons. The lowest BCUT2D eigenvalue weighted by atomic mass is 9.89. The minimum Gasteiger partial charge on any atom is -0.477 e. The van der Waals surface area contributed by atoms with E-state index in [4.69, 9.17) is 9.72 Å². The largest absolute Gasteiger partial charge is 0.477 e. The second-order valence-electron chi connectivity index (χ2n) is 17.4. The number of carbonyl (C=O) groups is 3. The van der Waals surface area contributed by atoms with Crippen LogP contribution in [0, 0.1) is 35.8 Å². The number of carbonyl (C=O) groups excluding carboxylic acids is 3. The number of aliphatic imine (C=N–C) groups is 1. The highest BCUT2D eigenvalue weighted by molar-refractivity contribution is 6.19. The molecule has 17 heteroatoms. The van der Waals surface area contributed by atoms with Crippen LogP contribution >= 0.6 is 0 Å². The van der Waals surface area contributed by atoms with E-state index in [1.54, 1.807) is 23.0 Å². The predicted molar refractivity (Wildman–Crippen MR) is 234 cm³/mol. The molecule has 3 amide bonds. The van der Waals surface area contributed by atoms with E-state index in [2.05, 4.69) is 60.6 Å². The number of piperazine rings is 1. The van der Waals surface area contributed by atoms with Crippen LogP contribution in [0.25, 0.3) is 11.3 Å². The van der Waals surface area contributed by atoms with E-state index >= 15 is 8.78 Å². The van der Waals surface area contributed by atoms with Crippen LogP contribution < -0.4 is 30.1 Å². The number of amides is 3. The number of benzene rings is 2. The van der Waals surface area contributed by atoms with Gasteiger partial charge in [0.1, 0.15) is 11.6 Å². The van der Waals surface area contributed by atoms with Gasteiger partial charge in [-0.15, -0.1) is 0 Å². The van der Waals surface area contributed by atoms with Crippen LogP contribution in [-0.4, -0.2) is 101 Å². The average Bonchev–Trinajstić information content (AvgIpc) is 3.80. The Balaban J connectivity index is 0.900. The third kappa shape index (κ3) is 8.43. The van der Waals surface area contributed by atoms with Crippen molar-refractivity contribution in [2.24, 2.45) is 18.0 Å². The zero-order valence-corrected chi connectivity index (χ0v) is 35.7. The Labute approximate surface area is 364 Å². The lowest BCUT2D eigenvalue weighted by Crippen LogP contribution is -2.57. The Hall–Kier alpha value is -6.41. The fraction of sp³-hybridized carbons (Fsp3) is 0.457. The lowest BCUT2D eigenvalue weighted by molar-refractivity contribution is -0.134. The third-order valence-electron chi connectivity index (χ3n) is 13.1. The van der Waals surface area contributed by atoms with Gasteiger partial charge in [-0.05, 0) is 87.4 Å². The number of pyridine rings is 1. The van der Waals surface area contributed by atoms with E-state index in [9.17, 15) is 19.6 Å². The van der Waals surface area contributed by atoms with Crippen LogP contribution in [0.15, 0.2) is 53.7 Å². The van der Waals surface area contributed by atoms with Crippen LogP contribution in [0.4, 0.5) is 31.5 Å². The second-order valence-corrected chi connectivity index (χ2v) is 17.4. The highest BCUT2D eigenvalue weighted by atomic mass is 19.1. The van der Waals surface area contributed by atoms with E-state index in [0.29, 0.717) is 80.2 Å². The summed E-state index contributed by atoms with van der Waals surface area (Å²) in [4.78, 5) is 56.1. The summed E-state index contributed by atoms with van der Waals surface area (Å²) in [6.45, 7) is 8.53. The number of guanidine groups is 1. The number of fused-ring (bicyclic) bond motifs is 7. The van der Waals surface area contributed by atoms with Crippen molar-refractivity contribution < 1.29 is 27.9 Å². The number of nitrogens with one attached hydrogen (secondary N) is 2. The average molecular weight is 860 g/mol. The minimum absolute atomic E-state index is 0.0385. The summed E-state index contributed by atoms with van der Waals surface area (Å²) in [5.41, 5.74) is 5.29. The number of nitrogens with zero attached hydrogens (tertiary/aromatic N) is 9. The molecule has 5 aliphatic heterocycles. The van der Waals surface area contributed by atoms with E-state index in [0.717, 1.165) is 54.9 Å². The molecule has 9 rings (SSSR count). The number of imide groups is 1. The molecule has 4 aromatic rings. The normalized spacial score (nSPS) is 23.2. The number of hydrogen-bond donors (Lipinski definition) is 2. The van der Waals surface area contributed by atoms with Crippen molar-refractivity contribution >= 4 is 46.4 Å². The number of rotatable bonds is 5. The molecule has 2 bridgehead atoms. The molecular formula is C46H51F2N11O4. The van der Waals surface area contributed by atoms with Gasteiger partial charge >= 0.3 is 0 Å². The summed E-state index contributed by atoms with van der Waals surface area (Å²) in [5.74, 6) is -2.81.